The summed E-state index contributed by atoms with van der Waals surface area (Å²) in [6.45, 7) is 0. The summed E-state index contributed by atoms with van der Waals surface area (Å²) in [6, 6.07) is 11.8. The number of nitrogens with zero attached hydrogens (tertiary/aromatic N) is 1. The zero-order chi connectivity index (χ0) is 21.2. The van der Waals surface area contributed by atoms with Crippen LogP contribution in [0, 0.1) is 0 Å². The number of carbonyl (C=O) groups is 2. The van der Waals surface area contributed by atoms with E-state index in [1.54, 1.807) is 29.6 Å². The minimum atomic E-state index is -5.25. The van der Waals surface area contributed by atoms with Crippen molar-refractivity contribution in [3.63, 3.8) is 0 Å². The van der Waals surface area contributed by atoms with Gasteiger partial charge in [0.2, 0.25) is 0 Å². The Labute approximate surface area is 171 Å². The number of esters is 1. The van der Waals surface area contributed by atoms with Gasteiger partial charge in [-0.15, -0.1) is 0 Å². The van der Waals surface area contributed by atoms with Gasteiger partial charge in [-0.1, -0.05) is 35.1 Å². The number of fused-ring (bicyclic) bond motifs is 1. The molecule has 29 heavy (non-hydrogen) atoms. The number of nitrogens with one attached hydrogen (secondary N) is 2. The Morgan fingerprint density at radius 2 is 1.76 bits per heavy atom. The Kier molecular flexibility index (Phi) is 5.67. The summed E-state index contributed by atoms with van der Waals surface area (Å²) in [6.07, 6.45) is -5.25. The molecule has 11 heteroatoms. The molecule has 1 atom stereocenters. The monoisotopic (exact) mass is 443 g/mol. The molecule has 2 aromatic carbocycles. The van der Waals surface area contributed by atoms with Gasteiger partial charge in [-0.3, -0.25) is 4.79 Å². The lowest BCUT2D eigenvalue weighted by atomic mass is 10.1. The van der Waals surface area contributed by atoms with Crippen LogP contribution in [0.25, 0.3) is 10.2 Å². The first kappa shape index (κ1) is 20.9. The van der Waals surface area contributed by atoms with E-state index in [1.165, 1.54) is 24.3 Å². The van der Waals surface area contributed by atoms with E-state index in [0.717, 1.165) is 18.4 Å². The van der Waals surface area contributed by atoms with Crippen molar-refractivity contribution < 1.29 is 27.5 Å². The summed E-state index contributed by atoms with van der Waals surface area (Å²) >= 11 is 6.63. The molecule has 2 N–H and O–H groups in total. The summed E-state index contributed by atoms with van der Waals surface area (Å²) in [5.41, 5.74) is -3.24. The lowest BCUT2D eigenvalue weighted by Gasteiger charge is -2.34. The van der Waals surface area contributed by atoms with Crippen LogP contribution in [0.2, 0.25) is 5.02 Å². The number of alkyl halides is 3. The standard InChI is InChI=1S/C18H13ClF3N3O3S/c1-28-15(27)17(18(20,21)22,24-14(26)10-6-8-11(19)9-7-10)25-16-23-12-4-2-3-5-13(12)29-16/h2-9H,1H3,(H,23,25)(H,24,26)/t17-/m1/s1. The number of methoxy groups -OCH3 is 1. The van der Waals surface area contributed by atoms with Crippen molar-refractivity contribution in [3.8, 4) is 0 Å². The van der Waals surface area contributed by atoms with Crippen molar-refractivity contribution in [2.75, 3.05) is 12.4 Å². The largest absolute Gasteiger partial charge is 0.466 e. The highest BCUT2D eigenvalue weighted by molar-refractivity contribution is 7.22. The third-order valence-electron chi connectivity index (χ3n) is 3.91. The Morgan fingerprint density at radius 3 is 2.34 bits per heavy atom. The van der Waals surface area contributed by atoms with Gasteiger partial charge < -0.3 is 15.4 Å². The van der Waals surface area contributed by atoms with Crippen molar-refractivity contribution in [3.05, 3.63) is 59.1 Å². The van der Waals surface area contributed by atoms with E-state index >= 15 is 0 Å². The Hall–Kier alpha value is -2.85. The van der Waals surface area contributed by atoms with Crippen LogP contribution < -0.4 is 10.6 Å². The third-order valence-corrected chi connectivity index (χ3v) is 5.12. The van der Waals surface area contributed by atoms with Gasteiger partial charge in [0.25, 0.3) is 5.91 Å². The fourth-order valence-corrected chi connectivity index (χ4v) is 3.52. The molecular weight excluding hydrogens is 431 g/mol. The molecule has 0 fully saturated rings. The Balaban J connectivity index is 2.03. The van der Waals surface area contributed by atoms with Crippen molar-refractivity contribution >= 4 is 50.2 Å². The number of carbonyl (C=O) groups excluding carboxylic acids is 2. The number of rotatable bonds is 5. The van der Waals surface area contributed by atoms with Gasteiger partial charge in [-0.2, -0.15) is 13.2 Å². The van der Waals surface area contributed by atoms with Gasteiger partial charge >= 0.3 is 17.8 Å². The highest BCUT2D eigenvalue weighted by Gasteiger charge is 2.64. The molecule has 0 unspecified atom stereocenters. The Bertz CT molecular complexity index is 1020. The maximum Gasteiger partial charge on any atom is 0.442 e. The lowest BCUT2D eigenvalue weighted by Crippen LogP contribution is -2.69. The summed E-state index contributed by atoms with van der Waals surface area (Å²) < 4.78 is 47.2. The number of hydrogen-bond acceptors (Lipinski definition) is 6. The van der Waals surface area contributed by atoms with Gasteiger partial charge in [0.15, 0.2) is 5.13 Å². The lowest BCUT2D eigenvalue weighted by molar-refractivity contribution is -0.203. The van der Waals surface area contributed by atoms with Gasteiger partial charge in [-0.05, 0) is 36.4 Å². The van der Waals surface area contributed by atoms with Crippen molar-refractivity contribution in [1.29, 1.82) is 0 Å². The zero-order valence-corrected chi connectivity index (χ0v) is 16.3. The van der Waals surface area contributed by atoms with Crippen LogP contribution in [0.3, 0.4) is 0 Å². The molecule has 152 valence electrons. The maximum absolute atomic E-state index is 14.1. The first-order valence-electron chi connectivity index (χ1n) is 8.03. The second kappa shape index (κ2) is 7.88. The molecule has 0 saturated carbocycles. The quantitative estimate of drug-likeness (QED) is 0.456. The minimum absolute atomic E-state index is 0.127. The van der Waals surface area contributed by atoms with E-state index in [-0.39, 0.29) is 10.7 Å². The zero-order valence-electron chi connectivity index (χ0n) is 14.7. The minimum Gasteiger partial charge on any atom is -0.466 e. The molecule has 0 radical (unpaired) electrons. The molecule has 1 amide bonds. The summed E-state index contributed by atoms with van der Waals surface area (Å²) in [4.78, 5) is 28.8. The molecule has 3 rings (SSSR count). The fourth-order valence-electron chi connectivity index (χ4n) is 2.47. The second-order valence-corrected chi connectivity index (χ2v) is 7.28. The number of hydrogen-bond donors (Lipinski definition) is 2. The number of ether oxygens (including phenoxy) is 1. The van der Waals surface area contributed by atoms with Gasteiger partial charge in [0.05, 0.1) is 17.3 Å². The molecular formula is C18H13ClF3N3O3S. The maximum atomic E-state index is 14.1. The fraction of sp³-hybridized carbons (Fsp3) is 0.167. The molecule has 0 aliphatic carbocycles. The van der Waals surface area contributed by atoms with Crippen LogP contribution in [-0.2, 0) is 9.53 Å². The molecule has 0 aliphatic heterocycles. The number of thiazole rings is 1. The van der Waals surface area contributed by atoms with Crippen LogP contribution >= 0.6 is 22.9 Å². The van der Waals surface area contributed by atoms with E-state index in [9.17, 15) is 22.8 Å². The van der Waals surface area contributed by atoms with E-state index in [4.69, 9.17) is 11.6 Å². The second-order valence-electron chi connectivity index (χ2n) is 5.81. The van der Waals surface area contributed by atoms with Crippen LogP contribution in [0.15, 0.2) is 48.5 Å². The number of amides is 1. The van der Waals surface area contributed by atoms with Crippen molar-refractivity contribution in [1.82, 2.24) is 10.3 Å². The first-order chi connectivity index (χ1) is 13.7. The predicted molar refractivity (Wildman–Crippen MR) is 103 cm³/mol. The van der Waals surface area contributed by atoms with Crippen LogP contribution in [0.5, 0.6) is 0 Å². The molecule has 6 nitrogen and oxygen atoms in total. The highest BCUT2D eigenvalue weighted by Crippen LogP contribution is 2.36. The number of aromatic nitrogens is 1. The molecule has 0 aliphatic rings. The highest BCUT2D eigenvalue weighted by atomic mass is 35.5. The molecule has 0 bridgehead atoms. The van der Waals surface area contributed by atoms with Gasteiger partial charge in [0, 0.05) is 10.6 Å². The molecule has 0 spiro atoms. The van der Waals surface area contributed by atoms with E-state index in [1.807, 2.05) is 5.32 Å². The van der Waals surface area contributed by atoms with Crippen LogP contribution in [-0.4, -0.2) is 35.8 Å². The van der Waals surface area contributed by atoms with Gasteiger partial charge in [-0.25, -0.2) is 9.78 Å². The summed E-state index contributed by atoms with van der Waals surface area (Å²) in [7, 11) is 0.789. The number of anilines is 1. The average molecular weight is 444 g/mol. The number of benzene rings is 2. The SMILES string of the molecule is COC(=O)[C@@](NC(=O)c1ccc(Cl)cc1)(Nc1nc2ccccc2s1)C(F)(F)F. The van der Waals surface area contributed by atoms with Gasteiger partial charge in [0.1, 0.15) is 0 Å². The molecule has 3 aromatic rings. The molecule has 1 heterocycles. The average Bonchev–Trinajstić information content (AvgIpc) is 3.08. The normalized spacial score (nSPS) is 13.6. The first-order valence-corrected chi connectivity index (χ1v) is 9.23. The third kappa shape index (κ3) is 4.13. The van der Waals surface area contributed by atoms with E-state index < -0.39 is 23.7 Å². The smallest absolute Gasteiger partial charge is 0.442 e. The van der Waals surface area contributed by atoms with E-state index in [2.05, 4.69) is 9.72 Å². The topological polar surface area (TPSA) is 80.3 Å². The Morgan fingerprint density at radius 1 is 1.10 bits per heavy atom. The van der Waals surface area contributed by atoms with Crippen LogP contribution in [0.1, 0.15) is 10.4 Å². The summed E-state index contributed by atoms with van der Waals surface area (Å²) in [5, 5.41) is 3.84. The van der Waals surface area contributed by atoms with Crippen LogP contribution in [0.4, 0.5) is 18.3 Å². The van der Waals surface area contributed by atoms with E-state index in [0.29, 0.717) is 15.2 Å². The number of halogens is 4. The summed E-state index contributed by atoms with van der Waals surface area (Å²) in [5.74, 6) is -2.90. The molecule has 1 aromatic heterocycles. The number of para-hydroxylation sites is 1. The van der Waals surface area contributed by atoms with Crippen molar-refractivity contribution in [2.24, 2.45) is 0 Å². The van der Waals surface area contributed by atoms with Crippen molar-refractivity contribution in [2.45, 2.75) is 11.8 Å². The predicted octanol–water partition coefficient (Wildman–Crippen LogP) is 4.22. The molecule has 0 saturated heterocycles.